The average molecular weight is 196 g/mol. The third-order valence-corrected chi connectivity index (χ3v) is 4.00. The molecular formula is C12H24N2. The van der Waals surface area contributed by atoms with E-state index in [1.807, 2.05) is 0 Å². The van der Waals surface area contributed by atoms with Gasteiger partial charge in [0, 0.05) is 12.1 Å². The Kier molecular flexibility index (Phi) is 3.45. The number of fused-ring (bicyclic) bond motifs is 1. The second kappa shape index (κ2) is 4.63. The maximum Gasteiger partial charge on any atom is 0.0124 e. The molecule has 1 saturated heterocycles. The molecule has 0 spiro atoms. The van der Waals surface area contributed by atoms with Gasteiger partial charge in [-0.15, -0.1) is 0 Å². The molecule has 2 aliphatic rings. The fourth-order valence-electron chi connectivity index (χ4n) is 3.15. The molecule has 1 aliphatic carbocycles. The second-order valence-corrected chi connectivity index (χ2v) is 5.20. The van der Waals surface area contributed by atoms with Gasteiger partial charge in [0.1, 0.15) is 0 Å². The van der Waals surface area contributed by atoms with Crippen molar-refractivity contribution in [1.29, 1.82) is 0 Å². The molecule has 82 valence electrons. The van der Waals surface area contributed by atoms with Crippen LogP contribution in [-0.2, 0) is 0 Å². The van der Waals surface area contributed by atoms with Gasteiger partial charge in [-0.25, -0.2) is 0 Å². The Morgan fingerprint density at radius 2 is 2.07 bits per heavy atom. The molecule has 0 radical (unpaired) electrons. The van der Waals surface area contributed by atoms with Crippen LogP contribution in [0.15, 0.2) is 0 Å². The molecule has 1 heterocycles. The summed E-state index contributed by atoms with van der Waals surface area (Å²) >= 11 is 0. The summed E-state index contributed by atoms with van der Waals surface area (Å²) in [4.78, 5) is 2.70. The fourth-order valence-corrected chi connectivity index (χ4v) is 3.15. The number of nitrogens with two attached hydrogens (primary N) is 1. The Balaban J connectivity index is 1.81. The zero-order valence-corrected chi connectivity index (χ0v) is 9.41. The number of hydrogen-bond donors (Lipinski definition) is 1. The molecule has 2 heteroatoms. The van der Waals surface area contributed by atoms with Crippen LogP contribution in [-0.4, -0.2) is 30.1 Å². The molecule has 2 N–H and O–H groups in total. The highest BCUT2D eigenvalue weighted by atomic mass is 15.2. The van der Waals surface area contributed by atoms with E-state index < -0.39 is 0 Å². The molecule has 0 aromatic rings. The van der Waals surface area contributed by atoms with Crippen LogP contribution in [0.4, 0.5) is 0 Å². The van der Waals surface area contributed by atoms with Crippen LogP contribution < -0.4 is 5.73 Å². The van der Waals surface area contributed by atoms with Gasteiger partial charge in [0.2, 0.25) is 0 Å². The monoisotopic (exact) mass is 196 g/mol. The lowest BCUT2D eigenvalue weighted by Crippen LogP contribution is -2.37. The number of hydrogen-bond acceptors (Lipinski definition) is 2. The third kappa shape index (κ3) is 2.29. The van der Waals surface area contributed by atoms with Crippen LogP contribution >= 0.6 is 0 Å². The maximum absolute atomic E-state index is 5.81. The van der Waals surface area contributed by atoms with E-state index in [1.54, 1.807) is 0 Å². The highest BCUT2D eigenvalue weighted by Gasteiger charge is 2.34. The Bertz CT molecular complexity index is 179. The summed E-state index contributed by atoms with van der Waals surface area (Å²) in [7, 11) is 0. The number of nitrogens with zero attached hydrogens (tertiary/aromatic N) is 1. The molecule has 0 bridgehead atoms. The van der Waals surface area contributed by atoms with Crippen molar-refractivity contribution in [3.05, 3.63) is 0 Å². The fraction of sp³-hybridized carbons (Fsp3) is 1.00. The highest BCUT2D eigenvalue weighted by Crippen LogP contribution is 2.35. The van der Waals surface area contributed by atoms with E-state index in [1.165, 1.54) is 51.6 Å². The second-order valence-electron chi connectivity index (χ2n) is 5.20. The van der Waals surface area contributed by atoms with Gasteiger partial charge >= 0.3 is 0 Å². The van der Waals surface area contributed by atoms with Crippen molar-refractivity contribution in [2.24, 2.45) is 11.7 Å². The first-order valence-corrected chi connectivity index (χ1v) is 6.27. The van der Waals surface area contributed by atoms with Gasteiger partial charge in [-0.05, 0) is 51.6 Å². The minimum Gasteiger partial charge on any atom is -0.328 e. The minimum absolute atomic E-state index is 0.373. The van der Waals surface area contributed by atoms with Gasteiger partial charge < -0.3 is 10.6 Å². The molecule has 1 saturated carbocycles. The number of likely N-dealkylation sites (tertiary alicyclic amines) is 1. The molecule has 0 aromatic carbocycles. The minimum atomic E-state index is 0.373. The standard InChI is InChI=1S/C12H24N2/c1-10(13)6-8-14-9-7-11-4-2-3-5-12(11)14/h10-12H,2-9,13H2,1H3. The van der Waals surface area contributed by atoms with Gasteiger partial charge in [0.15, 0.2) is 0 Å². The van der Waals surface area contributed by atoms with E-state index in [9.17, 15) is 0 Å². The first-order chi connectivity index (χ1) is 6.77. The van der Waals surface area contributed by atoms with E-state index in [0.717, 1.165) is 12.0 Å². The van der Waals surface area contributed by atoms with Crippen LogP contribution in [0, 0.1) is 5.92 Å². The third-order valence-electron chi connectivity index (χ3n) is 4.00. The Morgan fingerprint density at radius 3 is 2.86 bits per heavy atom. The van der Waals surface area contributed by atoms with E-state index >= 15 is 0 Å². The predicted molar refractivity (Wildman–Crippen MR) is 60.2 cm³/mol. The SMILES string of the molecule is CC(N)CCN1CCC2CCCCC21. The lowest BCUT2D eigenvalue weighted by molar-refractivity contribution is 0.178. The summed E-state index contributed by atoms with van der Waals surface area (Å²) in [5.41, 5.74) is 5.81. The summed E-state index contributed by atoms with van der Waals surface area (Å²) in [5, 5.41) is 0. The molecule has 2 nitrogen and oxygen atoms in total. The smallest absolute Gasteiger partial charge is 0.0124 e. The van der Waals surface area contributed by atoms with Gasteiger partial charge in [-0.2, -0.15) is 0 Å². The van der Waals surface area contributed by atoms with Gasteiger partial charge in [-0.3, -0.25) is 0 Å². The van der Waals surface area contributed by atoms with Gasteiger partial charge in [0.25, 0.3) is 0 Å². The lowest BCUT2D eigenvalue weighted by atomic mass is 9.85. The normalized spacial score (nSPS) is 35.6. The molecule has 3 atom stereocenters. The van der Waals surface area contributed by atoms with Crippen LogP contribution in [0.1, 0.15) is 45.4 Å². The topological polar surface area (TPSA) is 29.3 Å². The van der Waals surface area contributed by atoms with Gasteiger partial charge in [0.05, 0.1) is 0 Å². The van der Waals surface area contributed by atoms with Gasteiger partial charge in [-0.1, -0.05) is 12.8 Å². The quantitative estimate of drug-likeness (QED) is 0.748. The number of rotatable bonds is 3. The van der Waals surface area contributed by atoms with Crippen molar-refractivity contribution < 1.29 is 0 Å². The van der Waals surface area contributed by atoms with Crippen molar-refractivity contribution in [3.8, 4) is 0 Å². The van der Waals surface area contributed by atoms with Crippen molar-refractivity contribution in [2.75, 3.05) is 13.1 Å². The van der Waals surface area contributed by atoms with Crippen LogP contribution in [0.2, 0.25) is 0 Å². The average Bonchev–Trinajstić information content (AvgIpc) is 2.58. The Hall–Kier alpha value is -0.0800. The summed E-state index contributed by atoms with van der Waals surface area (Å²) in [6, 6.07) is 1.29. The Morgan fingerprint density at radius 1 is 1.29 bits per heavy atom. The van der Waals surface area contributed by atoms with Crippen LogP contribution in [0.5, 0.6) is 0 Å². The first-order valence-electron chi connectivity index (χ1n) is 6.27. The van der Waals surface area contributed by atoms with E-state index in [2.05, 4.69) is 11.8 Å². The molecule has 14 heavy (non-hydrogen) atoms. The zero-order valence-electron chi connectivity index (χ0n) is 9.41. The molecule has 0 aromatic heterocycles. The summed E-state index contributed by atoms with van der Waals surface area (Å²) in [6.07, 6.45) is 8.48. The van der Waals surface area contributed by atoms with Crippen molar-refractivity contribution >= 4 is 0 Å². The largest absolute Gasteiger partial charge is 0.328 e. The predicted octanol–water partition coefficient (Wildman–Crippen LogP) is 1.99. The van der Waals surface area contributed by atoms with Crippen molar-refractivity contribution in [2.45, 2.75) is 57.5 Å². The summed E-state index contributed by atoms with van der Waals surface area (Å²) in [5.74, 6) is 1.02. The van der Waals surface area contributed by atoms with E-state index in [0.29, 0.717) is 6.04 Å². The highest BCUT2D eigenvalue weighted by molar-refractivity contribution is 4.89. The van der Waals surface area contributed by atoms with Crippen LogP contribution in [0.25, 0.3) is 0 Å². The summed E-state index contributed by atoms with van der Waals surface area (Å²) < 4.78 is 0. The van der Waals surface area contributed by atoms with Crippen molar-refractivity contribution in [3.63, 3.8) is 0 Å². The van der Waals surface area contributed by atoms with Crippen LogP contribution in [0.3, 0.4) is 0 Å². The van der Waals surface area contributed by atoms with E-state index in [-0.39, 0.29) is 0 Å². The molecule has 2 rings (SSSR count). The zero-order chi connectivity index (χ0) is 9.97. The molecule has 2 fully saturated rings. The molecule has 3 unspecified atom stereocenters. The lowest BCUT2D eigenvalue weighted by Gasteiger charge is -2.32. The summed E-state index contributed by atoms with van der Waals surface area (Å²) in [6.45, 7) is 4.69. The molecular weight excluding hydrogens is 172 g/mol. The molecule has 1 aliphatic heterocycles. The first kappa shape index (κ1) is 10.4. The van der Waals surface area contributed by atoms with Crippen molar-refractivity contribution in [1.82, 2.24) is 4.90 Å². The maximum atomic E-state index is 5.81. The Labute approximate surface area is 87.8 Å². The molecule has 0 amide bonds. The van der Waals surface area contributed by atoms with E-state index in [4.69, 9.17) is 5.73 Å².